The predicted octanol–water partition coefficient (Wildman–Crippen LogP) is 3.82. The molecular weight excluding hydrogens is 340 g/mol. The van der Waals surface area contributed by atoms with Crippen LogP contribution in [0.3, 0.4) is 0 Å². The molecule has 0 spiro atoms. The Morgan fingerprint density at radius 2 is 2.00 bits per heavy atom. The zero-order chi connectivity index (χ0) is 17.8. The van der Waals surface area contributed by atoms with Gasteiger partial charge in [-0.1, -0.05) is 23.7 Å². The first-order valence-electron chi connectivity index (χ1n) is 8.30. The van der Waals surface area contributed by atoms with Crippen molar-refractivity contribution in [3.05, 3.63) is 46.7 Å². The number of nitrogens with one attached hydrogen (secondary N) is 1. The zero-order valence-corrected chi connectivity index (χ0v) is 15.1. The average Bonchev–Trinajstić information content (AvgIpc) is 2.56. The highest BCUT2D eigenvalue weighted by Crippen LogP contribution is 2.22. The van der Waals surface area contributed by atoms with Crippen molar-refractivity contribution in [1.82, 2.24) is 14.9 Å². The second kappa shape index (κ2) is 7.70. The van der Waals surface area contributed by atoms with Crippen molar-refractivity contribution < 1.29 is 9.53 Å². The molecule has 0 bridgehead atoms. The summed E-state index contributed by atoms with van der Waals surface area (Å²) in [5.74, 6) is 0. The van der Waals surface area contributed by atoms with Gasteiger partial charge in [-0.2, -0.15) is 0 Å². The van der Waals surface area contributed by atoms with Crippen LogP contribution in [0.1, 0.15) is 24.2 Å². The van der Waals surface area contributed by atoms with Crippen molar-refractivity contribution in [2.24, 2.45) is 0 Å². The van der Waals surface area contributed by atoms with Crippen molar-refractivity contribution in [1.29, 1.82) is 0 Å². The van der Waals surface area contributed by atoms with Crippen LogP contribution in [-0.4, -0.2) is 40.1 Å². The molecule has 1 fully saturated rings. The van der Waals surface area contributed by atoms with Gasteiger partial charge in [-0.15, -0.1) is 0 Å². The summed E-state index contributed by atoms with van der Waals surface area (Å²) in [4.78, 5) is 22.8. The van der Waals surface area contributed by atoms with Gasteiger partial charge in [0.1, 0.15) is 6.10 Å². The molecular formula is C18H21ClN4O2. The topological polar surface area (TPSA) is 67.3 Å². The fourth-order valence-electron chi connectivity index (χ4n) is 2.87. The minimum absolute atomic E-state index is 0.119. The number of aromatic nitrogens is 2. The third-order valence-electron chi connectivity index (χ3n) is 4.01. The number of halogens is 1. The first-order valence-corrected chi connectivity index (χ1v) is 8.68. The van der Waals surface area contributed by atoms with E-state index in [1.165, 1.54) is 0 Å². The normalized spacial score (nSPS) is 17.2. The van der Waals surface area contributed by atoms with Crippen LogP contribution in [0.4, 0.5) is 10.5 Å². The molecule has 6 nitrogen and oxygen atoms in total. The number of amides is 2. The highest BCUT2D eigenvalue weighted by atomic mass is 35.5. The lowest BCUT2D eigenvalue weighted by atomic mass is 10.1. The number of carbonyl (C=O) groups is 1. The molecule has 2 aromatic rings. The molecule has 1 aromatic carbocycles. The number of urea groups is 1. The Morgan fingerprint density at radius 1 is 1.28 bits per heavy atom. The van der Waals surface area contributed by atoms with Crippen LogP contribution in [-0.2, 0) is 0 Å². The summed E-state index contributed by atoms with van der Waals surface area (Å²) in [6.07, 6.45) is 1.62. The van der Waals surface area contributed by atoms with Crippen LogP contribution < -0.4 is 10.1 Å². The van der Waals surface area contributed by atoms with Gasteiger partial charge in [0.05, 0.1) is 17.3 Å². The van der Waals surface area contributed by atoms with Crippen molar-refractivity contribution in [2.45, 2.75) is 32.8 Å². The number of aryl methyl sites for hydroxylation is 2. The minimum Gasteiger partial charge on any atom is -0.458 e. The Kier molecular flexibility index (Phi) is 5.38. The summed E-state index contributed by atoms with van der Waals surface area (Å²) in [6.45, 7) is 4.99. The van der Waals surface area contributed by atoms with E-state index in [1.807, 2.05) is 32.0 Å². The molecule has 132 valence electrons. The van der Waals surface area contributed by atoms with Crippen LogP contribution >= 0.6 is 11.6 Å². The summed E-state index contributed by atoms with van der Waals surface area (Å²) < 4.78 is 5.90. The van der Waals surface area contributed by atoms with Crippen molar-refractivity contribution >= 4 is 23.3 Å². The van der Waals surface area contributed by atoms with Gasteiger partial charge >= 0.3 is 12.0 Å². The van der Waals surface area contributed by atoms with E-state index in [-0.39, 0.29) is 12.1 Å². The lowest BCUT2D eigenvalue weighted by Crippen LogP contribution is -2.46. The molecule has 1 unspecified atom stereocenters. The molecule has 7 heteroatoms. The van der Waals surface area contributed by atoms with Crippen LogP contribution in [0.2, 0.25) is 5.02 Å². The number of nitrogens with zero attached hydrogens (tertiary/aromatic N) is 3. The molecule has 2 heterocycles. The highest BCUT2D eigenvalue weighted by molar-refractivity contribution is 6.33. The number of carbonyl (C=O) groups excluding carboxylic acids is 1. The minimum atomic E-state index is -0.178. The van der Waals surface area contributed by atoms with E-state index in [1.54, 1.807) is 17.0 Å². The Morgan fingerprint density at radius 3 is 2.72 bits per heavy atom. The number of piperidine rings is 1. The van der Waals surface area contributed by atoms with E-state index in [2.05, 4.69) is 15.3 Å². The maximum absolute atomic E-state index is 12.5. The van der Waals surface area contributed by atoms with Crippen LogP contribution in [0.5, 0.6) is 6.01 Å². The molecule has 2 amide bonds. The van der Waals surface area contributed by atoms with Gasteiger partial charge in [0.15, 0.2) is 0 Å². The molecule has 1 saturated heterocycles. The van der Waals surface area contributed by atoms with Crippen LogP contribution in [0.15, 0.2) is 30.3 Å². The molecule has 0 radical (unpaired) electrons. The Bertz CT molecular complexity index is 748. The smallest absolute Gasteiger partial charge is 0.322 e. The number of anilines is 1. The van der Waals surface area contributed by atoms with Crippen molar-refractivity contribution in [3.63, 3.8) is 0 Å². The molecule has 1 aliphatic heterocycles. The van der Waals surface area contributed by atoms with Crippen LogP contribution in [0, 0.1) is 13.8 Å². The third kappa shape index (κ3) is 4.60. The van der Waals surface area contributed by atoms with Crippen molar-refractivity contribution in [2.75, 3.05) is 18.4 Å². The summed E-state index contributed by atoms with van der Waals surface area (Å²) in [5.41, 5.74) is 2.34. The van der Waals surface area contributed by atoms with E-state index in [0.29, 0.717) is 29.8 Å². The SMILES string of the molecule is Cc1cc(C)nc(OC2CCCN(C(=O)Nc3ccccc3Cl)C2)n1. The van der Waals surface area contributed by atoms with Gasteiger partial charge in [-0.05, 0) is 44.9 Å². The molecule has 1 aromatic heterocycles. The van der Waals surface area contributed by atoms with Gasteiger partial charge in [-0.25, -0.2) is 14.8 Å². The van der Waals surface area contributed by atoms with Gasteiger partial charge < -0.3 is 15.0 Å². The monoisotopic (exact) mass is 360 g/mol. The molecule has 1 aliphatic rings. The third-order valence-corrected chi connectivity index (χ3v) is 4.34. The van der Waals surface area contributed by atoms with Gasteiger partial charge in [-0.3, -0.25) is 0 Å². The van der Waals surface area contributed by atoms with Gasteiger partial charge in [0.2, 0.25) is 0 Å². The highest BCUT2D eigenvalue weighted by Gasteiger charge is 2.26. The predicted molar refractivity (Wildman–Crippen MR) is 97.2 cm³/mol. The summed E-state index contributed by atoms with van der Waals surface area (Å²) in [5, 5.41) is 3.37. The largest absolute Gasteiger partial charge is 0.458 e. The van der Waals surface area contributed by atoms with E-state index in [9.17, 15) is 4.79 Å². The summed E-state index contributed by atoms with van der Waals surface area (Å²) >= 11 is 6.10. The maximum atomic E-state index is 12.5. The summed E-state index contributed by atoms with van der Waals surface area (Å²) in [7, 11) is 0. The molecule has 1 atom stereocenters. The standard InChI is InChI=1S/C18H21ClN4O2/c1-12-10-13(2)21-17(20-12)25-14-6-5-9-23(11-14)18(24)22-16-8-4-3-7-15(16)19/h3-4,7-8,10,14H,5-6,9,11H2,1-2H3,(H,22,24). The van der Waals surface area contributed by atoms with Gasteiger partial charge in [0, 0.05) is 17.9 Å². The number of para-hydroxylation sites is 1. The second-order valence-electron chi connectivity index (χ2n) is 6.17. The lowest BCUT2D eigenvalue weighted by Gasteiger charge is -2.32. The quantitative estimate of drug-likeness (QED) is 0.903. The molecule has 25 heavy (non-hydrogen) atoms. The molecule has 1 N–H and O–H groups in total. The fraction of sp³-hybridized carbons (Fsp3) is 0.389. The Hall–Kier alpha value is -2.34. The first-order chi connectivity index (χ1) is 12.0. The van der Waals surface area contributed by atoms with E-state index < -0.39 is 0 Å². The fourth-order valence-corrected chi connectivity index (χ4v) is 3.05. The number of rotatable bonds is 3. The maximum Gasteiger partial charge on any atom is 0.322 e. The van der Waals surface area contributed by atoms with Crippen molar-refractivity contribution in [3.8, 4) is 6.01 Å². The van der Waals surface area contributed by atoms with Crippen LogP contribution in [0.25, 0.3) is 0 Å². The Balaban J connectivity index is 1.62. The number of ether oxygens (including phenoxy) is 1. The number of likely N-dealkylation sites (tertiary alicyclic amines) is 1. The summed E-state index contributed by atoms with van der Waals surface area (Å²) in [6, 6.07) is 9.28. The van der Waals surface area contributed by atoms with E-state index in [0.717, 1.165) is 24.2 Å². The zero-order valence-electron chi connectivity index (χ0n) is 14.3. The number of benzene rings is 1. The molecule has 0 saturated carbocycles. The second-order valence-corrected chi connectivity index (χ2v) is 6.58. The number of hydrogen-bond acceptors (Lipinski definition) is 4. The Labute approximate surface area is 152 Å². The number of hydrogen-bond donors (Lipinski definition) is 1. The van der Waals surface area contributed by atoms with E-state index in [4.69, 9.17) is 16.3 Å². The molecule has 0 aliphatic carbocycles. The van der Waals surface area contributed by atoms with E-state index >= 15 is 0 Å². The molecule has 3 rings (SSSR count). The first kappa shape index (κ1) is 17.5. The average molecular weight is 361 g/mol. The lowest BCUT2D eigenvalue weighted by molar-refractivity contribution is 0.0980. The van der Waals surface area contributed by atoms with Gasteiger partial charge in [0.25, 0.3) is 0 Å².